The molecule has 30 heavy (non-hydrogen) atoms. The average Bonchev–Trinajstić information content (AvgIpc) is 3.43. The fourth-order valence-corrected chi connectivity index (χ4v) is 3.76. The standard InChI is InChI=1S/C23H24ClN3O3/c1-29-14-16-2-4-17(5-3-16)23(28)27-11-10-18(13-27)22-12-20(25-26-22)15-30-21-8-6-19(24)7-9-21/h2-9,12,18H,10-11,13-15H2,1H3,(H,25,26)/t18-/m1/s1. The van der Waals surface area contributed by atoms with Crippen molar-refractivity contribution in [2.45, 2.75) is 25.6 Å². The van der Waals surface area contributed by atoms with E-state index < -0.39 is 0 Å². The van der Waals surface area contributed by atoms with E-state index in [9.17, 15) is 4.79 Å². The van der Waals surface area contributed by atoms with Crippen molar-refractivity contribution in [1.82, 2.24) is 15.1 Å². The third-order valence-corrected chi connectivity index (χ3v) is 5.52. The highest BCUT2D eigenvalue weighted by Crippen LogP contribution is 2.28. The first-order chi connectivity index (χ1) is 14.6. The molecule has 156 valence electrons. The highest BCUT2D eigenvalue weighted by Gasteiger charge is 2.29. The van der Waals surface area contributed by atoms with Crippen LogP contribution in [0.25, 0.3) is 0 Å². The molecule has 1 N–H and O–H groups in total. The van der Waals surface area contributed by atoms with Gasteiger partial charge in [0.15, 0.2) is 0 Å². The Morgan fingerprint density at radius 1 is 1.17 bits per heavy atom. The number of nitrogens with zero attached hydrogens (tertiary/aromatic N) is 2. The van der Waals surface area contributed by atoms with Crippen LogP contribution in [0.15, 0.2) is 54.6 Å². The first-order valence-electron chi connectivity index (χ1n) is 9.92. The molecule has 0 unspecified atom stereocenters. The number of rotatable bonds is 7. The zero-order valence-electron chi connectivity index (χ0n) is 16.8. The van der Waals surface area contributed by atoms with Crippen molar-refractivity contribution >= 4 is 17.5 Å². The minimum absolute atomic E-state index is 0.0586. The second-order valence-corrected chi connectivity index (χ2v) is 7.86. The van der Waals surface area contributed by atoms with Crippen molar-refractivity contribution in [2.24, 2.45) is 0 Å². The molecule has 2 heterocycles. The van der Waals surface area contributed by atoms with E-state index in [0.29, 0.717) is 30.3 Å². The fourth-order valence-electron chi connectivity index (χ4n) is 3.63. The van der Waals surface area contributed by atoms with E-state index in [1.165, 1.54) is 0 Å². The Labute approximate surface area is 180 Å². The largest absolute Gasteiger partial charge is 0.487 e. The van der Waals surface area contributed by atoms with Gasteiger partial charge in [0.25, 0.3) is 5.91 Å². The van der Waals surface area contributed by atoms with Crippen LogP contribution in [0, 0.1) is 0 Å². The minimum atomic E-state index is 0.0586. The first-order valence-corrected chi connectivity index (χ1v) is 10.3. The number of nitrogens with one attached hydrogen (secondary N) is 1. The second-order valence-electron chi connectivity index (χ2n) is 7.43. The quantitative estimate of drug-likeness (QED) is 0.608. The maximum Gasteiger partial charge on any atom is 0.253 e. The van der Waals surface area contributed by atoms with Gasteiger partial charge >= 0.3 is 0 Å². The maximum atomic E-state index is 12.8. The Balaban J connectivity index is 1.33. The lowest BCUT2D eigenvalue weighted by molar-refractivity contribution is 0.0790. The number of aromatic amines is 1. The van der Waals surface area contributed by atoms with Gasteiger partial charge in [0, 0.05) is 36.7 Å². The predicted octanol–water partition coefficient (Wildman–Crippen LogP) is 4.42. The van der Waals surface area contributed by atoms with Gasteiger partial charge in [-0.25, -0.2) is 0 Å². The topological polar surface area (TPSA) is 67.4 Å². The number of carbonyl (C=O) groups is 1. The number of benzene rings is 2. The zero-order valence-corrected chi connectivity index (χ0v) is 17.6. The predicted molar refractivity (Wildman–Crippen MR) is 115 cm³/mol. The van der Waals surface area contributed by atoms with E-state index in [-0.39, 0.29) is 11.8 Å². The Kier molecular flexibility index (Phi) is 6.35. The van der Waals surface area contributed by atoms with Crippen LogP contribution < -0.4 is 4.74 Å². The van der Waals surface area contributed by atoms with Gasteiger partial charge in [0.1, 0.15) is 12.4 Å². The Morgan fingerprint density at radius 3 is 2.67 bits per heavy atom. The number of halogens is 1. The van der Waals surface area contributed by atoms with Gasteiger partial charge in [-0.15, -0.1) is 0 Å². The molecular weight excluding hydrogens is 402 g/mol. The van der Waals surface area contributed by atoms with E-state index in [1.54, 1.807) is 19.2 Å². The van der Waals surface area contributed by atoms with Gasteiger partial charge < -0.3 is 14.4 Å². The highest BCUT2D eigenvalue weighted by molar-refractivity contribution is 6.30. The lowest BCUT2D eigenvalue weighted by Crippen LogP contribution is -2.28. The summed E-state index contributed by atoms with van der Waals surface area (Å²) < 4.78 is 10.9. The summed E-state index contributed by atoms with van der Waals surface area (Å²) in [6, 6.07) is 16.9. The summed E-state index contributed by atoms with van der Waals surface area (Å²) in [5, 5.41) is 8.17. The molecular formula is C23H24ClN3O3. The molecule has 0 bridgehead atoms. The SMILES string of the molecule is COCc1ccc(C(=O)N2CC[C@@H](c3cc(COc4ccc(Cl)cc4)[nH]n3)C2)cc1. The van der Waals surface area contributed by atoms with E-state index in [4.69, 9.17) is 21.1 Å². The molecule has 4 rings (SSSR count). The summed E-state index contributed by atoms with van der Waals surface area (Å²) in [6.45, 7) is 2.34. The summed E-state index contributed by atoms with van der Waals surface area (Å²) in [6.07, 6.45) is 0.899. The number of hydrogen-bond donors (Lipinski definition) is 1. The van der Waals surface area contributed by atoms with E-state index in [2.05, 4.69) is 10.2 Å². The fraction of sp³-hybridized carbons (Fsp3) is 0.304. The van der Waals surface area contributed by atoms with Crippen LogP contribution in [0.5, 0.6) is 5.75 Å². The van der Waals surface area contributed by atoms with Gasteiger partial charge in [-0.1, -0.05) is 23.7 Å². The molecule has 1 aliphatic heterocycles. The van der Waals surface area contributed by atoms with Crippen molar-refractivity contribution in [3.8, 4) is 5.75 Å². The van der Waals surface area contributed by atoms with Gasteiger partial charge in [0.2, 0.25) is 0 Å². The number of H-pyrrole nitrogens is 1. The summed E-state index contributed by atoms with van der Waals surface area (Å²) in [7, 11) is 1.66. The van der Waals surface area contributed by atoms with E-state index >= 15 is 0 Å². The first kappa shape index (κ1) is 20.4. The van der Waals surface area contributed by atoms with Crippen LogP contribution in [0.2, 0.25) is 5.02 Å². The lowest BCUT2D eigenvalue weighted by atomic mass is 10.1. The van der Waals surface area contributed by atoms with E-state index in [0.717, 1.165) is 35.7 Å². The van der Waals surface area contributed by atoms with Crippen molar-refractivity contribution in [3.05, 3.63) is 82.1 Å². The molecule has 1 saturated heterocycles. The summed E-state index contributed by atoms with van der Waals surface area (Å²) in [5.74, 6) is 1.04. The van der Waals surface area contributed by atoms with Crippen molar-refractivity contribution in [1.29, 1.82) is 0 Å². The number of amides is 1. The van der Waals surface area contributed by atoms with E-state index in [1.807, 2.05) is 47.4 Å². The molecule has 1 aromatic heterocycles. The molecule has 7 heteroatoms. The van der Waals surface area contributed by atoms with Crippen molar-refractivity contribution in [3.63, 3.8) is 0 Å². The number of carbonyl (C=O) groups excluding carboxylic acids is 1. The third kappa shape index (κ3) is 4.83. The van der Waals surface area contributed by atoms with Gasteiger partial charge in [-0.2, -0.15) is 5.10 Å². The number of likely N-dealkylation sites (tertiary alicyclic amines) is 1. The number of methoxy groups -OCH3 is 1. The van der Waals surface area contributed by atoms with Crippen LogP contribution in [-0.2, 0) is 18.0 Å². The van der Waals surface area contributed by atoms with Crippen molar-refractivity contribution in [2.75, 3.05) is 20.2 Å². The molecule has 2 aromatic carbocycles. The smallest absolute Gasteiger partial charge is 0.253 e. The molecule has 1 fully saturated rings. The summed E-state index contributed by atoms with van der Waals surface area (Å²) in [5.41, 5.74) is 3.63. The van der Waals surface area contributed by atoms with Crippen LogP contribution in [0.1, 0.15) is 39.6 Å². The Bertz CT molecular complexity index is 986. The maximum absolute atomic E-state index is 12.8. The van der Waals surface area contributed by atoms with Gasteiger partial charge in [-0.3, -0.25) is 9.89 Å². The second kappa shape index (κ2) is 9.32. The molecule has 0 spiro atoms. The summed E-state index contributed by atoms with van der Waals surface area (Å²) in [4.78, 5) is 14.7. The zero-order chi connectivity index (χ0) is 20.9. The molecule has 6 nitrogen and oxygen atoms in total. The van der Waals surface area contributed by atoms with Gasteiger partial charge in [-0.05, 0) is 54.4 Å². The van der Waals surface area contributed by atoms with Crippen LogP contribution in [0.3, 0.4) is 0 Å². The normalized spacial score (nSPS) is 16.1. The summed E-state index contributed by atoms with van der Waals surface area (Å²) >= 11 is 5.89. The average molecular weight is 426 g/mol. The molecule has 0 radical (unpaired) electrons. The molecule has 0 aliphatic carbocycles. The molecule has 0 saturated carbocycles. The Morgan fingerprint density at radius 2 is 1.93 bits per heavy atom. The lowest BCUT2D eigenvalue weighted by Gasteiger charge is -2.16. The molecule has 3 aromatic rings. The minimum Gasteiger partial charge on any atom is -0.487 e. The molecule has 1 atom stereocenters. The number of aromatic nitrogens is 2. The Hall–Kier alpha value is -2.83. The highest BCUT2D eigenvalue weighted by atomic mass is 35.5. The molecule has 1 amide bonds. The van der Waals surface area contributed by atoms with Crippen LogP contribution in [0.4, 0.5) is 0 Å². The van der Waals surface area contributed by atoms with Crippen LogP contribution in [-0.4, -0.2) is 41.2 Å². The molecule has 1 aliphatic rings. The van der Waals surface area contributed by atoms with Crippen LogP contribution >= 0.6 is 11.6 Å². The monoisotopic (exact) mass is 425 g/mol. The number of hydrogen-bond acceptors (Lipinski definition) is 4. The third-order valence-electron chi connectivity index (χ3n) is 5.26. The van der Waals surface area contributed by atoms with Gasteiger partial charge in [0.05, 0.1) is 18.0 Å². The van der Waals surface area contributed by atoms with Crippen molar-refractivity contribution < 1.29 is 14.3 Å². The number of ether oxygens (including phenoxy) is 2.